The minimum atomic E-state index is -4.11. The summed E-state index contributed by atoms with van der Waals surface area (Å²) in [4.78, 5) is 35.7. The molecule has 0 aromatic rings. The van der Waals surface area contributed by atoms with E-state index in [4.69, 9.17) is 36.6 Å². The Balaban J connectivity index is 4.84. The second-order valence-corrected chi connectivity index (χ2v) is 15.4. The lowest BCUT2D eigenvalue weighted by Crippen LogP contribution is -2.40. The third-order valence-electron chi connectivity index (χ3n) is 7.20. The Morgan fingerprint density at radius 1 is 0.615 bits per heavy atom. The Morgan fingerprint density at radius 2 is 1.00 bits per heavy atom. The van der Waals surface area contributed by atoms with Gasteiger partial charge in [0, 0.05) is 40.2 Å². The Bertz CT molecular complexity index is 1040. The molecule has 19 heteroatoms. The summed E-state index contributed by atoms with van der Waals surface area (Å²) in [7, 11) is -8.22. The van der Waals surface area contributed by atoms with Crippen molar-refractivity contribution in [2.75, 3.05) is 79.2 Å². The summed E-state index contributed by atoms with van der Waals surface area (Å²) < 4.78 is 69.9. The van der Waals surface area contributed by atoms with Crippen LogP contribution in [-0.2, 0) is 55.3 Å². The van der Waals surface area contributed by atoms with Gasteiger partial charge in [-0.25, -0.2) is 13.9 Å². The zero-order valence-corrected chi connectivity index (χ0v) is 33.7. The first-order valence-corrected chi connectivity index (χ1v) is 20.6. The summed E-state index contributed by atoms with van der Waals surface area (Å²) in [6, 6.07) is -1.84. The summed E-state index contributed by atoms with van der Waals surface area (Å²) in [5, 5.41) is 10.4. The van der Waals surface area contributed by atoms with Gasteiger partial charge >= 0.3 is 21.7 Å². The highest BCUT2D eigenvalue weighted by Gasteiger charge is 2.30. The highest BCUT2D eigenvalue weighted by molar-refractivity contribution is 7.48. The Kier molecular flexibility index (Phi) is 28.9. The summed E-state index contributed by atoms with van der Waals surface area (Å²) in [6.07, 6.45) is 6.51. The lowest BCUT2D eigenvalue weighted by atomic mass is 10.1. The molecular formula is C33H64N4O13P2. The molecule has 0 fully saturated rings. The number of nitrogens with one attached hydrogen (secondary N) is 4. The monoisotopic (exact) mass is 786 g/mol. The van der Waals surface area contributed by atoms with Crippen molar-refractivity contribution in [3.63, 3.8) is 0 Å². The van der Waals surface area contributed by atoms with Crippen LogP contribution < -0.4 is 21.3 Å². The Morgan fingerprint density at radius 3 is 1.33 bits per heavy atom. The molecule has 0 bridgehead atoms. The van der Waals surface area contributed by atoms with E-state index in [0.717, 1.165) is 25.7 Å². The van der Waals surface area contributed by atoms with Crippen molar-refractivity contribution in [2.24, 2.45) is 11.8 Å². The molecule has 0 aromatic heterocycles. The first-order valence-electron chi connectivity index (χ1n) is 17.7. The minimum Gasteiger partial charge on any atom is -0.379 e. The summed E-state index contributed by atoms with van der Waals surface area (Å²) in [5.41, 5.74) is 0. The fraction of sp³-hybridized carbons (Fsp3) is 0.788. The van der Waals surface area contributed by atoms with Crippen molar-refractivity contribution in [3.05, 3.63) is 25.3 Å². The highest BCUT2D eigenvalue weighted by atomic mass is 31.2. The van der Waals surface area contributed by atoms with E-state index in [0.29, 0.717) is 25.0 Å². The molecule has 17 nitrogen and oxygen atoms in total. The molecule has 0 aliphatic carbocycles. The molecule has 0 spiro atoms. The zero-order chi connectivity index (χ0) is 39.3. The van der Waals surface area contributed by atoms with Gasteiger partial charge in [-0.05, 0) is 24.7 Å². The lowest BCUT2D eigenvalue weighted by molar-refractivity contribution is -0.121. The smallest absolute Gasteiger partial charge is 0.379 e. The summed E-state index contributed by atoms with van der Waals surface area (Å²) in [5.74, 6) is 0.367. The molecule has 0 saturated carbocycles. The van der Waals surface area contributed by atoms with Gasteiger partial charge in [-0.1, -0.05) is 52.7 Å². The number of phosphoric acid groups is 2. The number of urea groups is 1. The van der Waals surface area contributed by atoms with E-state index in [-0.39, 0.29) is 77.8 Å². The first-order chi connectivity index (χ1) is 24.7. The second-order valence-electron chi connectivity index (χ2n) is 12.1. The van der Waals surface area contributed by atoms with Crippen molar-refractivity contribution in [1.29, 1.82) is 0 Å². The molecule has 4 amide bonds. The van der Waals surface area contributed by atoms with E-state index in [1.165, 1.54) is 26.0 Å². The quantitative estimate of drug-likeness (QED) is 0.0390. The van der Waals surface area contributed by atoms with Crippen LogP contribution in [0.4, 0.5) is 4.79 Å². The predicted molar refractivity (Wildman–Crippen MR) is 198 cm³/mol. The van der Waals surface area contributed by atoms with Gasteiger partial charge in [-0.3, -0.25) is 36.7 Å². The van der Waals surface area contributed by atoms with Crippen molar-refractivity contribution in [1.82, 2.24) is 21.3 Å². The van der Waals surface area contributed by atoms with Crippen LogP contribution >= 0.6 is 15.6 Å². The van der Waals surface area contributed by atoms with Crippen LogP contribution in [0.5, 0.6) is 0 Å². The SMILES string of the molecule is C=CCOP(=O)(OCCNC(=O)NCCOP(=O)(OCC=C)OCC(COCCC(C)CC)NC(C)=O)OCC(COCCC(C)CC)NC(C)=O. The maximum Gasteiger partial charge on any atom is 0.475 e. The maximum atomic E-state index is 13.2. The molecule has 0 saturated heterocycles. The standard InChI is InChI=1S/C33H64N4O13P2/c1-9-17-45-51(41,49-25-31(36-29(7)38)23-43-19-13-27(5)11-3)47-21-15-34-33(40)35-16-22-48-52(42,46-18-10-2)50-26-32(37-30(8)39)24-44-20-14-28(6)12-4/h9-10,27-28,31-32H,1-2,11-26H2,3-8H3,(H,36,38)(H,37,39)(H2,34,35,40). The van der Waals surface area contributed by atoms with Crippen LogP contribution in [0.1, 0.15) is 67.2 Å². The minimum absolute atomic E-state index is 0.0840. The number of rotatable bonds is 34. The molecule has 0 heterocycles. The van der Waals surface area contributed by atoms with Gasteiger partial charge in [0.2, 0.25) is 11.8 Å². The zero-order valence-electron chi connectivity index (χ0n) is 31.9. The van der Waals surface area contributed by atoms with Crippen molar-refractivity contribution >= 4 is 33.5 Å². The van der Waals surface area contributed by atoms with Crippen LogP contribution in [0, 0.1) is 11.8 Å². The molecule has 0 aromatic carbocycles. The van der Waals surface area contributed by atoms with Gasteiger partial charge in [0.15, 0.2) is 0 Å². The van der Waals surface area contributed by atoms with Gasteiger partial charge < -0.3 is 30.7 Å². The topological polar surface area (TPSA) is 207 Å². The predicted octanol–water partition coefficient (Wildman–Crippen LogP) is 4.89. The van der Waals surface area contributed by atoms with Crippen molar-refractivity contribution in [2.45, 2.75) is 79.3 Å². The van der Waals surface area contributed by atoms with E-state index >= 15 is 0 Å². The molecule has 6 unspecified atom stereocenters. The highest BCUT2D eigenvalue weighted by Crippen LogP contribution is 2.50. The number of hydrogen-bond donors (Lipinski definition) is 4. The molecule has 52 heavy (non-hydrogen) atoms. The molecule has 6 atom stereocenters. The van der Waals surface area contributed by atoms with E-state index in [2.05, 4.69) is 62.1 Å². The Labute approximate surface area is 310 Å². The van der Waals surface area contributed by atoms with Crippen molar-refractivity contribution in [3.8, 4) is 0 Å². The summed E-state index contributed by atoms with van der Waals surface area (Å²) >= 11 is 0. The van der Waals surface area contributed by atoms with E-state index < -0.39 is 33.8 Å². The van der Waals surface area contributed by atoms with Crippen LogP contribution in [0.3, 0.4) is 0 Å². The average molecular weight is 787 g/mol. The summed E-state index contributed by atoms with van der Waals surface area (Å²) in [6.45, 7) is 18.1. The largest absolute Gasteiger partial charge is 0.475 e. The maximum absolute atomic E-state index is 13.2. The van der Waals surface area contributed by atoms with Crippen LogP contribution in [0.25, 0.3) is 0 Å². The van der Waals surface area contributed by atoms with E-state index in [1.807, 2.05) is 0 Å². The average Bonchev–Trinajstić information content (AvgIpc) is 3.11. The first kappa shape index (κ1) is 49.8. The van der Waals surface area contributed by atoms with Crippen LogP contribution in [0.2, 0.25) is 0 Å². The van der Waals surface area contributed by atoms with Gasteiger partial charge in [0.25, 0.3) is 0 Å². The van der Waals surface area contributed by atoms with Crippen LogP contribution in [-0.4, -0.2) is 109 Å². The number of carbonyl (C=O) groups is 3. The second kappa shape index (κ2) is 30.2. The van der Waals surface area contributed by atoms with Gasteiger partial charge in [-0.15, -0.1) is 13.2 Å². The third kappa shape index (κ3) is 27.4. The van der Waals surface area contributed by atoms with Crippen LogP contribution in [0.15, 0.2) is 25.3 Å². The van der Waals surface area contributed by atoms with Gasteiger partial charge in [0.1, 0.15) is 0 Å². The number of phosphoric ester groups is 2. The molecule has 0 rings (SSSR count). The molecule has 304 valence electrons. The third-order valence-corrected chi connectivity index (χ3v) is 10.1. The molecule has 4 N–H and O–H groups in total. The number of hydrogen-bond acceptors (Lipinski definition) is 13. The number of amides is 4. The van der Waals surface area contributed by atoms with Gasteiger partial charge in [-0.2, -0.15) is 0 Å². The number of carbonyl (C=O) groups excluding carboxylic acids is 3. The molecular weight excluding hydrogens is 722 g/mol. The molecule has 0 aliphatic heterocycles. The van der Waals surface area contributed by atoms with Gasteiger partial charge in [0.05, 0.1) is 64.9 Å². The van der Waals surface area contributed by atoms with E-state index in [1.54, 1.807) is 0 Å². The molecule has 0 aliphatic rings. The lowest BCUT2D eigenvalue weighted by Gasteiger charge is -2.22. The number of ether oxygens (including phenoxy) is 2. The Hall–Kier alpha value is -2.17. The normalized spacial score (nSPS) is 16.0. The van der Waals surface area contributed by atoms with E-state index in [9.17, 15) is 23.5 Å². The van der Waals surface area contributed by atoms with Crippen molar-refractivity contribution < 1.29 is 60.1 Å². The fourth-order valence-electron chi connectivity index (χ4n) is 3.85. The fourth-order valence-corrected chi connectivity index (χ4v) is 6.22. The molecule has 0 radical (unpaired) electrons.